The summed E-state index contributed by atoms with van der Waals surface area (Å²) < 4.78 is 6.51. The molecule has 0 N–H and O–H groups in total. The Morgan fingerprint density at radius 3 is 2.72 bits per heavy atom. The van der Waals surface area contributed by atoms with Crippen molar-refractivity contribution in [3.8, 4) is 0 Å². The van der Waals surface area contributed by atoms with Crippen molar-refractivity contribution in [3.63, 3.8) is 0 Å². The van der Waals surface area contributed by atoms with Crippen LogP contribution in [0.15, 0.2) is 23.1 Å². The van der Waals surface area contributed by atoms with Crippen molar-refractivity contribution < 1.29 is 9.53 Å². The third-order valence-corrected chi connectivity index (χ3v) is 2.83. The molecule has 1 aromatic rings. The van der Waals surface area contributed by atoms with Crippen LogP contribution in [0.3, 0.4) is 0 Å². The first kappa shape index (κ1) is 14.5. The van der Waals surface area contributed by atoms with E-state index in [9.17, 15) is 9.59 Å². The van der Waals surface area contributed by atoms with Crippen molar-refractivity contribution in [2.24, 2.45) is 0 Å². The van der Waals surface area contributed by atoms with E-state index in [2.05, 4.69) is 6.92 Å². The Hall–Kier alpha value is -1.58. The molecule has 1 unspecified atom stereocenters. The van der Waals surface area contributed by atoms with E-state index in [0.29, 0.717) is 13.0 Å². The number of unbranched alkanes of at least 4 members (excludes halogenated alkanes) is 1. The van der Waals surface area contributed by atoms with Gasteiger partial charge in [-0.25, -0.2) is 4.79 Å². The first-order chi connectivity index (χ1) is 8.60. The summed E-state index contributed by atoms with van der Waals surface area (Å²) in [5.74, 6) is -0.322. The molecule has 0 fully saturated rings. The fourth-order valence-electron chi connectivity index (χ4n) is 1.85. The third kappa shape index (κ3) is 3.72. The highest BCUT2D eigenvalue weighted by Gasteiger charge is 2.21. The molecule has 0 saturated heterocycles. The molecule has 0 saturated carbocycles. The second kappa shape index (κ2) is 6.99. The molecule has 1 rings (SSSR count). The predicted molar refractivity (Wildman–Crippen MR) is 70.6 cm³/mol. The Bertz CT molecular complexity index is 451. The van der Waals surface area contributed by atoms with Crippen LogP contribution in [-0.4, -0.2) is 17.1 Å². The molecule has 0 bridgehead atoms. The smallest absolute Gasteiger partial charge is 0.329 e. The zero-order chi connectivity index (χ0) is 13.5. The van der Waals surface area contributed by atoms with Crippen molar-refractivity contribution in [1.82, 2.24) is 4.57 Å². The van der Waals surface area contributed by atoms with Gasteiger partial charge in [-0.3, -0.25) is 4.79 Å². The summed E-state index contributed by atoms with van der Waals surface area (Å²) in [5.41, 5.74) is 0.749. The maximum Gasteiger partial charge on any atom is 0.329 e. The number of nitrogens with zero attached hydrogens (tertiary/aromatic N) is 1. The van der Waals surface area contributed by atoms with Gasteiger partial charge in [0, 0.05) is 12.3 Å². The van der Waals surface area contributed by atoms with E-state index in [1.807, 2.05) is 13.0 Å². The second-order valence-corrected chi connectivity index (χ2v) is 4.36. The van der Waals surface area contributed by atoms with Crippen LogP contribution in [0.4, 0.5) is 0 Å². The first-order valence-electron chi connectivity index (χ1n) is 6.45. The summed E-state index contributed by atoms with van der Waals surface area (Å²) >= 11 is 0. The molecule has 0 aliphatic carbocycles. The zero-order valence-corrected chi connectivity index (χ0v) is 11.3. The number of aromatic nitrogens is 1. The lowest BCUT2D eigenvalue weighted by atomic mass is 10.1. The summed E-state index contributed by atoms with van der Waals surface area (Å²) in [4.78, 5) is 23.8. The minimum absolute atomic E-state index is 0.149. The van der Waals surface area contributed by atoms with Gasteiger partial charge in [0.05, 0.1) is 6.61 Å². The molecule has 0 aliphatic heterocycles. The quantitative estimate of drug-likeness (QED) is 0.730. The predicted octanol–water partition coefficient (Wildman–Crippen LogP) is 2.45. The molecule has 18 heavy (non-hydrogen) atoms. The maximum absolute atomic E-state index is 11.9. The van der Waals surface area contributed by atoms with Crippen LogP contribution < -0.4 is 5.56 Å². The summed E-state index contributed by atoms with van der Waals surface area (Å²) in [5, 5.41) is 0. The molecule has 4 heteroatoms. The van der Waals surface area contributed by atoms with E-state index in [4.69, 9.17) is 4.74 Å². The van der Waals surface area contributed by atoms with Crippen LogP contribution in [0, 0.1) is 6.92 Å². The van der Waals surface area contributed by atoms with Crippen molar-refractivity contribution in [2.45, 2.75) is 46.1 Å². The van der Waals surface area contributed by atoms with Gasteiger partial charge in [-0.1, -0.05) is 19.8 Å². The van der Waals surface area contributed by atoms with Crippen LogP contribution >= 0.6 is 0 Å². The van der Waals surface area contributed by atoms with Gasteiger partial charge >= 0.3 is 5.97 Å². The molecule has 0 spiro atoms. The summed E-state index contributed by atoms with van der Waals surface area (Å²) in [6.07, 6.45) is 4.19. The van der Waals surface area contributed by atoms with E-state index in [1.165, 1.54) is 10.6 Å². The molecule has 1 atom stereocenters. The van der Waals surface area contributed by atoms with Gasteiger partial charge in [0.2, 0.25) is 0 Å². The largest absolute Gasteiger partial charge is 0.464 e. The zero-order valence-electron chi connectivity index (χ0n) is 11.3. The topological polar surface area (TPSA) is 48.3 Å². The van der Waals surface area contributed by atoms with Crippen LogP contribution in [0.5, 0.6) is 0 Å². The molecule has 4 nitrogen and oxygen atoms in total. The molecular formula is C14H21NO3. The van der Waals surface area contributed by atoms with Crippen LogP contribution in [0.1, 0.15) is 44.7 Å². The van der Waals surface area contributed by atoms with Gasteiger partial charge in [0.25, 0.3) is 5.56 Å². The molecule has 0 radical (unpaired) electrons. The number of rotatable bonds is 6. The van der Waals surface area contributed by atoms with E-state index in [1.54, 1.807) is 13.1 Å². The number of pyridine rings is 1. The Labute approximate surface area is 108 Å². The number of carbonyl (C=O) groups excluding carboxylic acids is 1. The minimum atomic E-state index is -0.502. The van der Waals surface area contributed by atoms with E-state index >= 15 is 0 Å². The Morgan fingerprint density at radius 2 is 2.17 bits per heavy atom. The number of esters is 1. The number of hydrogen-bond acceptors (Lipinski definition) is 3. The summed E-state index contributed by atoms with van der Waals surface area (Å²) in [6, 6.07) is 2.87. The Morgan fingerprint density at radius 1 is 1.44 bits per heavy atom. The van der Waals surface area contributed by atoms with Crippen LogP contribution in [-0.2, 0) is 9.53 Å². The second-order valence-electron chi connectivity index (χ2n) is 4.36. The third-order valence-electron chi connectivity index (χ3n) is 2.83. The highest BCUT2D eigenvalue weighted by Crippen LogP contribution is 2.15. The highest BCUT2D eigenvalue weighted by molar-refractivity contribution is 5.74. The Balaban J connectivity index is 3.01. The molecule has 0 aromatic carbocycles. The number of hydrogen-bond donors (Lipinski definition) is 0. The maximum atomic E-state index is 11.9. The van der Waals surface area contributed by atoms with Gasteiger partial charge in [-0.05, 0) is 31.9 Å². The average molecular weight is 251 g/mol. The van der Waals surface area contributed by atoms with E-state index < -0.39 is 6.04 Å². The fourth-order valence-corrected chi connectivity index (χ4v) is 1.85. The van der Waals surface area contributed by atoms with Crippen LogP contribution in [0.25, 0.3) is 0 Å². The van der Waals surface area contributed by atoms with Gasteiger partial charge in [-0.2, -0.15) is 0 Å². The Kier molecular flexibility index (Phi) is 5.62. The monoisotopic (exact) mass is 251 g/mol. The van der Waals surface area contributed by atoms with Gasteiger partial charge < -0.3 is 9.30 Å². The summed E-state index contributed by atoms with van der Waals surface area (Å²) in [7, 11) is 0. The standard InChI is InChI=1S/C14H21NO3/c1-4-6-7-12(14(17)18-5-2)15-9-8-11(3)10-13(15)16/h8-10,12H,4-7H2,1-3H3. The molecule has 0 aliphatic rings. The van der Waals surface area contributed by atoms with Crippen molar-refractivity contribution in [1.29, 1.82) is 0 Å². The number of ether oxygens (including phenoxy) is 1. The van der Waals surface area contributed by atoms with Gasteiger partial charge in [-0.15, -0.1) is 0 Å². The van der Waals surface area contributed by atoms with E-state index in [-0.39, 0.29) is 11.5 Å². The molecule has 0 amide bonds. The fraction of sp³-hybridized carbons (Fsp3) is 0.571. The van der Waals surface area contributed by atoms with Crippen LogP contribution in [0.2, 0.25) is 0 Å². The highest BCUT2D eigenvalue weighted by atomic mass is 16.5. The summed E-state index contributed by atoms with van der Waals surface area (Å²) in [6.45, 7) is 6.02. The number of aryl methyl sites for hydroxylation is 1. The van der Waals surface area contributed by atoms with Crippen molar-refractivity contribution in [2.75, 3.05) is 6.61 Å². The van der Waals surface area contributed by atoms with Crippen molar-refractivity contribution in [3.05, 3.63) is 34.2 Å². The first-order valence-corrected chi connectivity index (χ1v) is 6.45. The minimum Gasteiger partial charge on any atom is -0.464 e. The van der Waals surface area contributed by atoms with E-state index in [0.717, 1.165) is 18.4 Å². The van der Waals surface area contributed by atoms with Gasteiger partial charge in [0.1, 0.15) is 6.04 Å². The lowest BCUT2D eigenvalue weighted by Gasteiger charge is -2.18. The number of carbonyl (C=O) groups is 1. The van der Waals surface area contributed by atoms with Crippen molar-refractivity contribution >= 4 is 5.97 Å². The molecule has 1 heterocycles. The SMILES string of the molecule is CCCCC(C(=O)OCC)n1ccc(C)cc1=O. The molecule has 100 valence electrons. The average Bonchev–Trinajstić information content (AvgIpc) is 2.32. The normalized spacial score (nSPS) is 12.2. The molecule has 1 aromatic heterocycles. The lowest BCUT2D eigenvalue weighted by molar-refractivity contribution is -0.147. The lowest BCUT2D eigenvalue weighted by Crippen LogP contribution is -2.30. The van der Waals surface area contributed by atoms with Gasteiger partial charge in [0.15, 0.2) is 0 Å². The molecular weight excluding hydrogens is 230 g/mol.